The monoisotopic (exact) mass is 332 g/mol. The largest absolute Gasteiger partial charge is 0.493 e. The summed E-state index contributed by atoms with van der Waals surface area (Å²) in [6.45, 7) is 3.23. The Morgan fingerprint density at radius 3 is 2.58 bits per heavy atom. The predicted molar refractivity (Wildman–Crippen MR) is 98.0 cm³/mol. The highest BCUT2D eigenvalue weighted by molar-refractivity contribution is 5.42. The molecule has 0 amide bonds. The van der Waals surface area contributed by atoms with Crippen LogP contribution < -0.4 is 20.1 Å². The van der Waals surface area contributed by atoms with Gasteiger partial charge in [-0.1, -0.05) is 12.5 Å². The molecule has 2 saturated carbocycles. The van der Waals surface area contributed by atoms with E-state index in [0.29, 0.717) is 0 Å². The van der Waals surface area contributed by atoms with Crippen molar-refractivity contribution in [3.05, 3.63) is 23.8 Å². The van der Waals surface area contributed by atoms with Crippen LogP contribution in [0.1, 0.15) is 37.7 Å². The number of fused-ring (bicyclic) bond motifs is 2. The Morgan fingerprint density at radius 2 is 1.88 bits per heavy atom. The van der Waals surface area contributed by atoms with Gasteiger partial charge in [0.1, 0.15) is 0 Å². The number of hydrogen-bond donors (Lipinski definition) is 2. The Bertz CT molecular complexity index is 520. The van der Waals surface area contributed by atoms with Crippen molar-refractivity contribution in [3.8, 4) is 11.5 Å². The molecule has 3 rings (SSSR count). The van der Waals surface area contributed by atoms with Gasteiger partial charge in [0.2, 0.25) is 0 Å². The molecule has 2 aliphatic rings. The number of benzene rings is 1. The van der Waals surface area contributed by atoms with Crippen molar-refractivity contribution in [2.24, 2.45) is 11.8 Å². The first-order chi connectivity index (χ1) is 11.8. The fourth-order valence-corrected chi connectivity index (χ4v) is 4.42. The number of nitrogens with one attached hydrogen (secondary N) is 2. The second-order valence-electron chi connectivity index (χ2n) is 7.28. The maximum absolute atomic E-state index is 5.36. The number of methoxy groups -OCH3 is 2. The minimum atomic E-state index is 0.797. The lowest BCUT2D eigenvalue weighted by Crippen LogP contribution is -2.38. The maximum Gasteiger partial charge on any atom is 0.160 e. The molecule has 1 aromatic carbocycles. The first-order valence-corrected chi connectivity index (χ1v) is 9.45. The normalized spacial score (nSPS) is 25.2. The van der Waals surface area contributed by atoms with Gasteiger partial charge in [-0.2, -0.15) is 0 Å². The zero-order valence-electron chi connectivity index (χ0n) is 15.1. The Hall–Kier alpha value is -1.26. The van der Waals surface area contributed by atoms with Gasteiger partial charge in [-0.15, -0.1) is 0 Å². The second-order valence-corrected chi connectivity index (χ2v) is 7.28. The first kappa shape index (κ1) is 17.6. The summed E-state index contributed by atoms with van der Waals surface area (Å²) in [6, 6.07) is 6.99. The van der Waals surface area contributed by atoms with E-state index >= 15 is 0 Å². The fourth-order valence-electron chi connectivity index (χ4n) is 4.42. The van der Waals surface area contributed by atoms with Crippen LogP contribution in [0.15, 0.2) is 18.2 Å². The van der Waals surface area contributed by atoms with Gasteiger partial charge in [0.05, 0.1) is 14.2 Å². The number of rotatable bonds is 10. The van der Waals surface area contributed by atoms with E-state index in [1.54, 1.807) is 14.2 Å². The van der Waals surface area contributed by atoms with Crippen molar-refractivity contribution in [2.75, 3.05) is 33.9 Å². The summed E-state index contributed by atoms with van der Waals surface area (Å²) in [5, 5.41) is 7.31. The standard InChI is InChI=1S/C20H32N2O2/c1-23-19-8-6-15(14-20(19)24-2)4-3-9-21-10-11-22-18-13-16-5-7-17(18)12-16/h6,8,14,16-18,21-22H,3-5,7,9-13H2,1-2H3. The molecule has 0 aliphatic heterocycles. The van der Waals surface area contributed by atoms with Gasteiger partial charge in [0, 0.05) is 19.1 Å². The van der Waals surface area contributed by atoms with Gasteiger partial charge in [0.15, 0.2) is 11.5 Å². The average molecular weight is 332 g/mol. The van der Waals surface area contributed by atoms with E-state index < -0.39 is 0 Å². The Kier molecular flexibility index (Phi) is 6.38. The SMILES string of the molecule is COc1ccc(CCCNCCNC2CC3CCC2C3)cc1OC. The summed E-state index contributed by atoms with van der Waals surface area (Å²) >= 11 is 0. The third-order valence-corrected chi connectivity index (χ3v) is 5.71. The van der Waals surface area contributed by atoms with E-state index in [9.17, 15) is 0 Å². The molecule has 1 aromatic rings. The molecule has 2 bridgehead atoms. The highest BCUT2D eigenvalue weighted by Crippen LogP contribution is 2.44. The van der Waals surface area contributed by atoms with Crippen LogP contribution in [-0.2, 0) is 6.42 Å². The molecular formula is C20H32N2O2. The van der Waals surface area contributed by atoms with Crippen molar-refractivity contribution in [1.29, 1.82) is 0 Å². The molecule has 2 aliphatic carbocycles. The van der Waals surface area contributed by atoms with Crippen LogP contribution in [0, 0.1) is 11.8 Å². The summed E-state index contributed by atoms with van der Waals surface area (Å²) in [5.41, 5.74) is 1.30. The molecule has 0 saturated heterocycles. The van der Waals surface area contributed by atoms with Crippen molar-refractivity contribution >= 4 is 0 Å². The summed E-state index contributed by atoms with van der Waals surface area (Å²) in [6.07, 6.45) is 8.05. The van der Waals surface area contributed by atoms with Crippen LogP contribution in [0.25, 0.3) is 0 Å². The van der Waals surface area contributed by atoms with Crippen molar-refractivity contribution in [3.63, 3.8) is 0 Å². The molecule has 0 spiro atoms. The third kappa shape index (κ3) is 4.42. The molecule has 2 fully saturated rings. The minimum Gasteiger partial charge on any atom is -0.493 e. The quantitative estimate of drug-likeness (QED) is 0.647. The van der Waals surface area contributed by atoms with Crippen LogP contribution in [0.3, 0.4) is 0 Å². The highest BCUT2D eigenvalue weighted by Gasteiger charge is 2.38. The molecule has 134 valence electrons. The Balaban J connectivity index is 1.26. The van der Waals surface area contributed by atoms with E-state index in [1.165, 1.54) is 31.2 Å². The summed E-state index contributed by atoms with van der Waals surface area (Å²) in [5.74, 6) is 3.62. The van der Waals surface area contributed by atoms with E-state index in [4.69, 9.17) is 9.47 Å². The molecule has 0 radical (unpaired) electrons. The lowest BCUT2D eigenvalue weighted by Gasteiger charge is -2.23. The summed E-state index contributed by atoms with van der Waals surface area (Å²) in [4.78, 5) is 0. The predicted octanol–water partition coefficient (Wildman–Crippen LogP) is 3.00. The zero-order valence-corrected chi connectivity index (χ0v) is 15.1. The van der Waals surface area contributed by atoms with Crippen LogP contribution in [-0.4, -0.2) is 39.9 Å². The molecule has 24 heavy (non-hydrogen) atoms. The van der Waals surface area contributed by atoms with Crippen LogP contribution in [0.4, 0.5) is 0 Å². The lowest BCUT2D eigenvalue weighted by molar-refractivity contribution is 0.351. The molecule has 0 heterocycles. The van der Waals surface area contributed by atoms with E-state index in [2.05, 4.69) is 22.8 Å². The summed E-state index contributed by atoms with van der Waals surface area (Å²) < 4.78 is 10.6. The van der Waals surface area contributed by atoms with Gasteiger partial charge in [-0.3, -0.25) is 0 Å². The molecule has 3 atom stereocenters. The maximum atomic E-state index is 5.36. The molecule has 2 N–H and O–H groups in total. The van der Waals surface area contributed by atoms with E-state index in [-0.39, 0.29) is 0 Å². The van der Waals surface area contributed by atoms with E-state index in [0.717, 1.165) is 61.9 Å². The molecule has 4 heteroatoms. The molecular weight excluding hydrogens is 300 g/mol. The van der Waals surface area contributed by atoms with Gasteiger partial charge in [0.25, 0.3) is 0 Å². The van der Waals surface area contributed by atoms with Gasteiger partial charge in [-0.25, -0.2) is 0 Å². The third-order valence-electron chi connectivity index (χ3n) is 5.71. The van der Waals surface area contributed by atoms with E-state index in [1.807, 2.05) is 6.07 Å². The summed E-state index contributed by atoms with van der Waals surface area (Å²) in [7, 11) is 3.36. The van der Waals surface area contributed by atoms with Crippen molar-refractivity contribution in [2.45, 2.75) is 44.6 Å². The molecule has 3 unspecified atom stereocenters. The Morgan fingerprint density at radius 1 is 1.00 bits per heavy atom. The van der Waals surface area contributed by atoms with Gasteiger partial charge >= 0.3 is 0 Å². The smallest absolute Gasteiger partial charge is 0.160 e. The topological polar surface area (TPSA) is 42.5 Å². The van der Waals surface area contributed by atoms with Crippen molar-refractivity contribution < 1.29 is 9.47 Å². The number of aryl methyl sites for hydroxylation is 1. The molecule has 0 aromatic heterocycles. The lowest BCUT2D eigenvalue weighted by atomic mass is 9.95. The highest BCUT2D eigenvalue weighted by atomic mass is 16.5. The number of hydrogen-bond acceptors (Lipinski definition) is 4. The van der Waals surface area contributed by atoms with Gasteiger partial charge < -0.3 is 20.1 Å². The van der Waals surface area contributed by atoms with Crippen LogP contribution in [0.5, 0.6) is 11.5 Å². The van der Waals surface area contributed by atoms with Crippen LogP contribution in [0.2, 0.25) is 0 Å². The fraction of sp³-hybridized carbons (Fsp3) is 0.700. The average Bonchev–Trinajstić information content (AvgIpc) is 3.23. The first-order valence-electron chi connectivity index (χ1n) is 9.45. The van der Waals surface area contributed by atoms with Gasteiger partial charge in [-0.05, 0) is 68.2 Å². The minimum absolute atomic E-state index is 0.797. The Labute approximate surface area is 146 Å². The zero-order chi connectivity index (χ0) is 16.8. The number of ether oxygens (including phenoxy) is 2. The second kappa shape index (κ2) is 8.72. The van der Waals surface area contributed by atoms with Crippen LogP contribution >= 0.6 is 0 Å². The molecule has 4 nitrogen and oxygen atoms in total. The van der Waals surface area contributed by atoms with Crippen molar-refractivity contribution in [1.82, 2.24) is 10.6 Å².